The fraction of sp³-hybridized carbons (Fsp3) is 0.160. The quantitative estimate of drug-likeness (QED) is 0.499. The number of anilines is 1. The molecule has 0 fully saturated rings. The van der Waals surface area contributed by atoms with Gasteiger partial charge in [-0.15, -0.1) is 0 Å². The summed E-state index contributed by atoms with van der Waals surface area (Å²) in [5.74, 6) is 6.01. The molecule has 1 amide bonds. The molecule has 0 aliphatic carbocycles. The summed E-state index contributed by atoms with van der Waals surface area (Å²) in [4.78, 5) is 25.9. The van der Waals surface area contributed by atoms with Gasteiger partial charge in [0.05, 0.1) is 0 Å². The zero-order chi connectivity index (χ0) is 21.6. The molecule has 5 heteroatoms. The summed E-state index contributed by atoms with van der Waals surface area (Å²) in [5, 5.41) is 5.84. The highest BCUT2D eigenvalue weighted by Gasteiger charge is 2.03. The van der Waals surface area contributed by atoms with Crippen molar-refractivity contribution in [1.82, 2.24) is 10.3 Å². The largest absolute Gasteiger partial charge is 0.388 e. The number of hydrogen-bond donors (Lipinski definition) is 2. The summed E-state index contributed by atoms with van der Waals surface area (Å²) >= 11 is 0. The molecule has 0 saturated heterocycles. The van der Waals surface area contributed by atoms with Crippen molar-refractivity contribution in [3.05, 3.63) is 95.3 Å². The van der Waals surface area contributed by atoms with E-state index in [-0.39, 0.29) is 5.91 Å². The van der Waals surface area contributed by atoms with E-state index in [0.29, 0.717) is 17.7 Å². The number of aromatic nitrogens is 1. The second-order valence-electron chi connectivity index (χ2n) is 6.29. The van der Waals surface area contributed by atoms with Gasteiger partial charge < -0.3 is 10.6 Å². The Bertz CT molecular complexity index is 1000. The molecule has 0 saturated carbocycles. The van der Waals surface area contributed by atoms with Crippen molar-refractivity contribution in [1.29, 1.82) is 0 Å². The van der Waals surface area contributed by atoms with Crippen LogP contribution in [0.5, 0.6) is 0 Å². The van der Waals surface area contributed by atoms with Crippen molar-refractivity contribution >= 4 is 17.9 Å². The maximum Gasteiger partial charge on any atom is 0.251 e. The minimum absolute atomic E-state index is 0.0932. The topological polar surface area (TPSA) is 71.1 Å². The average molecular weight is 399 g/mol. The van der Waals surface area contributed by atoms with Gasteiger partial charge in [-0.05, 0) is 54.8 Å². The molecule has 0 unspecified atom stereocenters. The molecule has 2 aromatic carbocycles. The minimum atomic E-state index is -0.0932. The summed E-state index contributed by atoms with van der Waals surface area (Å²) in [6, 6.07) is 20.3. The van der Waals surface area contributed by atoms with Crippen LogP contribution in [-0.2, 0) is 0 Å². The highest BCUT2D eigenvalue weighted by atomic mass is 16.1. The Balaban J connectivity index is 0.000000216. The van der Waals surface area contributed by atoms with Crippen LogP contribution in [-0.4, -0.2) is 30.8 Å². The first-order valence-corrected chi connectivity index (χ1v) is 9.70. The van der Waals surface area contributed by atoms with Crippen molar-refractivity contribution in [2.75, 3.05) is 18.9 Å². The van der Waals surface area contributed by atoms with E-state index in [9.17, 15) is 9.59 Å². The maximum atomic E-state index is 11.4. The van der Waals surface area contributed by atoms with E-state index in [1.165, 1.54) is 0 Å². The van der Waals surface area contributed by atoms with E-state index in [4.69, 9.17) is 0 Å². The van der Waals surface area contributed by atoms with Gasteiger partial charge >= 0.3 is 0 Å². The van der Waals surface area contributed by atoms with Crippen LogP contribution in [0.25, 0.3) is 0 Å². The summed E-state index contributed by atoms with van der Waals surface area (Å²) in [5.41, 5.74) is 4.00. The number of pyridine rings is 1. The number of nitrogens with zero attached hydrogens (tertiary/aromatic N) is 1. The second-order valence-corrected chi connectivity index (χ2v) is 6.29. The third-order valence-electron chi connectivity index (χ3n) is 4.00. The Morgan fingerprint density at radius 1 is 1.03 bits per heavy atom. The average Bonchev–Trinajstić information content (AvgIpc) is 2.82. The SMILES string of the molecule is CCCNC(=O)c1ccc(C=O)cc1.CNc1cccc(C#Cc2ccccn2)c1. The van der Waals surface area contributed by atoms with Crippen LogP contribution in [0.3, 0.4) is 0 Å². The first kappa shape index (κ1) is 22.4. The third-order valence-corrected chi connectivity index (χ3v) is 4.00. The monoisotopic (exact) mass is 399 g/mol. The van der Waals surface area contributed by atoms with Gasteiger partial charge in [-0.2, -0.15) is 0 Å². The van der Waals surface area contributed by atoms with Crippen LogP contribution in [0.4, 0.5) is 5.69 Å². The maximum absolute atomic E-state index is 11.4. The molecule has 1 heterocycles. The molecule has 30 heavy (non-hydrogen) atoms. The van der Waals surface area contributed by atoms with Gasteiger partial charge in [-0.25, -0.2) is 4.98 Å². The minimum Gasteiger partial charge on any atom is -0.388 e. The van der Waals surface area contributed by atoms with Crippen LogP contribution in [0.15, 0.2) is 72.9 Å². The number of carbonyl (C=O) groups excluding carboxylic acids is 2. The van der Waals surface area contributed by atoms with Gasteiger partial charge in [0.15, 0.2) is 0 Å². The number of amides is 1. The molecule has 5 nitrogen and oxygen atoms in total. The Labute approximate surface area is 177 Å². The van der Waals surface area contributed by atoms with Crippen LogP contribution in [0.1, 0.15) is 45.3 Å². The molecular formula is C25H25N3O2. The lowest BCUT2D eigenvalue weighted by molar-refractivity contribution is 0.0953. The van der Waals surface area contributed by atoms with Gasteiger partial charge in [0, 0.05) is 42.2 Å². The van der Waals surface area contributed by atoms with Crippen LogP contribution < -0.4 is 10.6 Å². The molecule has 152 valence electrons. The fourth-order valence-electron chi connectivity index (χ4n) is 2.38. The summed E-state index contributed by atoms with van der Waals surface area (Å²) < 4.78 is 0. The Hall–Kier alpha value is -3.91. The smallest absolute Gasteiger partial charge is 0.251 e. The Morgan fingerprint density at radius 3 is 2.47 bits per heavy atom. The second kappa shape index (κ2) is 12.5. The lowest BCUT2D eigenvalue weighted by Crippen LogP contribution is -2.23. The van der Waals surface area contributed by atoms with E-state index < -0.39 is 0 Å². The Morgan fingerprint density at radius 2 is 1.83 bits per heavy atom. The fourth-order valence-corrected chi connectivity index (χ4v) is 2.38. The standard InChI is InChI=1S/C14H12N2.C11H13NO2/c1-15-14-7-4-5-12(11-14)8-9-13-6-2-3-10-16-13;1-2-7-12-11(14)10-5-3-9(8-13)4-6-10/h2-7,10-11,15H,1H3;3-6,8H,2,7H2,1H3,(H,12,14). The van der Waals surface area contributed by atoms with Crippen LogP contribution in [0, 0.1) is 11.8 Å². The third kappa shape index (κ3) is 7.61. The van der Waals surface area contributed by atoms with E-state index in [1.54, 1.807) is 30.5 Å². The van der Waals surface area contributed by atoms with Gasteiger partial charge in [-0.3, -0.25) is 9.59 Å². The van der Waals surface area contributed by atoms with Crippen molar-refractivity contribution in [3.8, 4) is 11.8 Å². The van der Waals surface area contributed by atoms with E-state index in [1.807, 2.05) is 56.4 Å². The predicted octanol–water partition coefficient (Wildman–Crippen LogP) is 4.16. The molecule has 1 aromatic heterocycles. The zero-order valence-electron chi connectivity index (χ0n) is 17.2. The van der Waals surface area contributed by atoms with E-state index in [2.05, 4.69) is 27.5 Å². The summed E-state index contributed by atoms with van der Waals surface area (Å²) in [7, 11) is 1.89. The van der Waals surface area contributed by atoms with Gasteiger partial charge in [0.25, 0.3) is 5.91 Å². The molecule has 0 aliphatic heterocycles. The number of hydrogen-bond acceptors (Lipinski definition) is 4. The molecule has 2 N–H and O–H groups in total. The van der Waals surface area contributed by atoms with Crippen LogP contribution >= 0.6 is 0 Å². The van der Waals surface area contributed by atoms with Crippen molar-refractivity contribution in [2.45, 2.75) is 13.3 Å². The van der Waals surface area contributed by atoms with Crippen molar-refractivity contribution in [3.63, 3.8) is 0 Å². The predicted molar refractivity (Wildman–Crippen MR) is 121 cm³/mol. The molecule has 3 aromatic rings. The van der Waals surface area contributed by atoms with Gasteiger partial charge in [-0.1, -0.05) is 37.1 Å². The highest BCUT2D eigenvalue weighted by Crippen LogP contribution is 2.08. The van der Waals surface area contributed by atoms with Crippen molar-refractivity contribution < 1.29 is 9.59 Å². The molecule has 0 bridgehead atoms. The lowest BCUT2D eigenvalue weighted by Gasteiger charge is -2.02. The number of benzene rings is 2. The van der Waals surface area contributed by atoms with Gasteiger partial charge in [0.2, 0.25) is 0 Å². The summed E-state index contributed by atoms with van der Waals surface area (Å²) in [6.45, 7) is 2.67. The number of rotatable bonds is 5. The molecule has 0 spiro atoms. The van der Waals surface area contributed by atoms with Crippen LogP contribution in [0.2, 0.25) is 0 Å². The number of carbonyl (C=O) groups is 2. The van der Waals surface area contributed by atoms with Gasteiger partial charge in [0.1, 0.15) is 12.0 Å². The zero-order valence-corrected chi connectivity index (χ0v) is 17.2. The normalized spacial score (nSPS) is 9.27. The lowest BCUT2D eigenvalue weighted by atomic mass is 10.1. The molecule has 0 atom stereocenters. The molecular weight excluding hydrogens is 374 g/mol. The van der Waals surface area contributed by atoms with E-state index in [0.717, 1.165) is 29.7 Å². The highest BCUT2D eigenvalue weighted by molar-refractivity contribution is 5.94. The Kier molecular flexibility index (Phi) is 9.35. The molecule has 0 aliphatic rings. The number of nitrogens with one attached hydrogen (secondary N) is 2. The first-order chi connectivity index (χ1) is 14.7. The molecule has 3 rings (SSSR count). The number of aldehydes is 1. The van der Waals surface area contributed by atoms with Crippen molar-refractivity contribution in [2.24, 2.45) is 0 Å². The van der Waals surface area contributed by atoms with E-state index >= 15 is 0 Å². The molecule has 0 radical (unpaired) electrons. The first-order valence-electron chi connectivity index (χ1n) is 9.70. The summed E-state index contributed by atoms with van der Waals surface area (Å²) in [6.07, 6.45) is 3.42.